The van der Waals surface area contributed by atoms with Gasteiger partial charge in [0, 0.05) is 0 Å². The summed E-state index contributed by atoms with van der Waals surface area (Å²) in [6, 6.07) is 7.25. The molecule has 2 atom stereocenters. The largest absolute Gasteiger partial charge is 0.770 e. The minimum absolute atomic E-state index is 0.299. The quantitative estimate of drug-likeness (QED) is 0.674. The highest BCUT2D eigenvalue weighted by Crippen LogP contribution is 2.28. The van der Waals surface area contributed by atoms with Crippen molar-refractivity contribution in [2.45, 2.75) is 5.44 Å². The van der Waals surface area contributed by atoms with Crippen LogP contribution < -0.4 is 10.1 Å². The molecule has 4 nitrogen and oxygen atoms in total. The predicted octanol–water partition coefficient (Wildman–Crippen LogP) is 0.696. The van der Waals surface area contributed by atoms with Crippen LogP contribution in [-0.2, 0) is 11.1 Å². The SMILES string of the molecule is O=S([O-])C1CNc2ccccc2O1. The van der Waals surface area contributed by atoms with Crippen molar-refractivity contribution in [3.05, 3.63) is 24.3 Å². The van der Waals surface area contributed by atoms with E-state index >= 15 is 0 Å². The number of fused-ring (bicyclic) bond motifs is 1. The van der Waals surface area contributed by atoms with Crippen LogP contribution in [0.5, 0.6) is 5.75 Å². The Hall–Kier alpha value is -1.07. The Morgan fingerprint density at radius 3 is 3.08 bits per heavy atom. The van der Waals surface area contributed by atoms with Gasteiger partial charge in [-0.15, -0.1) is 0 Å². The monoisotopic (exact) mass is 198 g/mol. The van der Waals surface area contributed by atoms with E-state index in [1.165, 1.54) is 0 Å². The second-order valence-corrected chi connectivity index (χ2v) is 3.73. The predicted molar refractivity (Wildman–Crippen MR) is 48.3 cm³/mol. The third-order valence-electron chi connectivity index (χ3n) is 1.82. The van der Waals surface area contributed by atoms with Gasteiger partial charge in [0.05, 0.1) is 12.2 Å². The van der Waals surface area contributed by atoms with Crippen LogP contribution >= 0.6 is 0 Å². The van der Waals surface area contributed by atoms with Crippen LogP contribution in [0.25, 0.3) is 0 Å². The zero-order valence-electron chi connectivity index (χ0n) is 6.73. The maximum Gasteiger partial charge on any atom is 0.177 e. The van der Waals surface area contributed by atoms with Crippen molar-refractivity contribution in [3.63, 3.8) is 0 Å². The van der Waals surface area contributed by atoms with E-state index in [0.29, 0.717) is 12.3 Å². The average Bonchev–Trinajstić information content (AvgIpc) is 2.17. The van der Waals surface area contributed by atoms with Crippen LogP contribution in [0.15, 0.2) is 24.3 Å². The van der Waals surface area contributed by atoms with Crippen LogP contribution in [0.1, 0.15) is 0 Å². The Morgan fingerprint density at radius 2 is 2.31 bits per heavy atom. The lowest BCUT2D eigenvalue weighted by Crippen LogP contribution is -2.34. The summed E-state index contributed by atoms with van der Waals surface area (Å²) in [6.07, 6.45) is 0. The van der Waals surface area contributed by atoms with Gasteiger partial charge in [-0.2, -0.15) is 0 Å². The van der Waals surface area contributed by atoms with E-state index in [1.807, 2.05) is 12.1 Å². The summed E-state index contributed by atoms with van der Waals surface area (Å²) in [4.78, 5) is 0. The molecular formula is C8H8NO3S-. The van der Waals surface area contributed by atoms with Gasteiger partial charge in [0.25, 0.3) is 0 Å². The smallest absolute Gasteiger partial charge is 0.177 e. The summed E-state index contributed by atoms with van der Waals surface area (Å²) >= 11 is -2.19. The molecule has 0 bridgehead atoms. The van der Waals surface area contributed by atoms with Crippen molar-refractivity contribution < 1.29 is 13.5 Å². The maximum absolute atomic E-state index is 10.6. The maximum atomic E-state index is 10.6. The first-order valence-electron chi connectivity index (χ1n) is 3.85. The van der Waals surface area contributed by atoms with Gasteiger partial charge < -0.3 is 14.6 Å². The van der Waals surface area contributed by atoms with Gasteiger partial charge in [-0.3, -0.25) is 4.21 Å². The van der Waals surface area contributed by atoms with Gasteiger partial charge in [0.2, 0.25) is 0 Å². The lowest BCUT2D eigenvalue weighted by Gasteiger charge is -2.28. The summed E-state index contributed by atoms with van der Waals surface area (Å²) in [5.41, 5.74) is 0.0547. The molecule has 1 aromatic carbocycles. The molecule has 0 amide bonds. The normalized spacial score (nSPS) is 22.4. The fourth-order valence-corrected chi connectivity index (χ4v) is 1.60. The Kier molecular flexibility index (Phi) is 2.20. The molecule has 0 radical (unpaired) electrons. The fraction of sp³-hybridized carbons (Fsp3) is 0.250. The molecular weight excluding hydrogens is 190 g/mol. The number of ether oxygens (including phenoxy) is 1. The number of para-hydroxylation sites is 2. The molecule has 1 aromatic rings. The summed E-state index contributed by atoms with van der Waals surface area (Å²) < 4.78 is 26.4. The average molecular weight is 198 g/mol. The molecule has 13 heavy (non-hydrogen) atoms. The molecule has 0 aliphatic carbocycles. The standard InChI is InChI=1S/C8H9NO3S/c10-13(11)8-5-9-6-3-1-2-4-7(6)12-8/h1-4,8-9H,5H2,(H,10,11)/p-1. The van der Waals surface area contributed by atoms with E-state index in [9.17, 15) is 8.76 Å². The molecule has 1 N–H and O–H groups in total. The zero-order valence-corrected chi connectivity index (χ0v) is 7.54. The Balaban J connectivity index is 2.24. The number of rotatable bonds is 1. The second-order valence-electron chi connectivity index (χ2n) is 2.68. The third-order valence-corrected chi connectivity index (χ3v) is 2.51. The number of anilines is 1. The van der Waals surface area contributed by atoms with Crippen molar-refractivity contribution >= 4 is 16.8 Å². The van der Waals surface area contributed by atoms with E-state index in [1.54, 1.807) is 12.1 Å². The number of benzene rings is 1. The topological polar surface area (TPSA) is 61.4 Å². The first-order chi connectivity index (χ1) is 6.27. The van der Waals surface area contributed by atoms with Crippen molar-refractivity contribution in [1.29, 1.82) is 0 Å². The zero-order chi connectivity index (χ0) is 9.26. The Morgan fingerprint density at radius 1 is 1.54 bits per heavy atom. The first kappa shape index (κ1) is 8.52. The number of nitrogens with one attached hydrogen (secondary N) is 1. The molecule has 0 saturated carbocycles. The highest BCUT2D eigenvalue weighted by Gasteiger charge is 2.18. The van der Waals surface area contributed by atoms with Crippen molar-refractivity contribution in [3.8, 4) is 5.75 Å². The molecule has 2 unspecified atom stereocenters. The highest BCUT2D eigenvalue weighted by molar-refractivity contribution is 7.79. The molecule has 0 spiro atoms. The van der Waals surface area contributed by atoms with Crippen molar-refractivity contribution in [2.24, 2.45) is 0 Å². The van der Waals surface area contributed by atoms with Gasteiger partial charge in [-0.05, 0) is 23.2 Å². The first-order valence-corrected chi connectivity index (χ1v) is 4.99. The van der Waals surface area contributed by atoms with Gasteiger partial charge in [-0.25, -0.2) is 0 Å². The van der Waals surface area contributed by atoms with Gasteiger partial charge in [-0.1, -0.05) is 12.1 Å². The third kappa shape index (κ3) is 1.66. The molecule has 70 valence electrons. The fourth-order valence-electron chi connectivity index (χ4n) is 1.20. The summed E-state index contributed by atoms with van der Waals surface area (Å²) in [5, 5.41) is 2.98. The van der Waals surface area contributed by atoms with E-state index in [0.717, 1.165) is 5.69 Å². The lowest BCUT2D eigenvalue weighted by atomic mass is 10.2. The molecule has 0 aromatic heterocycles. The molecule has 1 heterocycles. The van der Waals surface area contributed by atoms with Crippen molar-refractivity contribution in [1.82, 2.24) is 0 Å². The van der Waals surface area contributed by atoms with E-state index < -0.39 is 16.5 Å². The molecule has 5 heteroatoms. The van der Waals surface area contributed by atoms with Crippen LogP contribution in [0.3, 0.4) is 0 Å². The Bertz CT molecular complexity index is 342. The molecule has 0 saturated heterocycles. The minimum Gasteiger partial charge on any atom is -0.770 e. The van der Waals surface area contributed by atoms with Gasteiger partial charge in [0.15, 0.2) is 5.44 Å². The minimum atomic E-state index is -2.19. The number of hydrogen-bond acceptors (Lipinski definition) is 4. The Labute approximate surface area is 78.2 Å². The summed E-state index contributed by atoms with van der Waals surface area (Å²) in [7, 11) is 0. The van der Waals surface area contributed by atoms with E-state index in [-0.39, 0.29) is 0 Å². The molecule has 2 rings (SSSR count). The van der Waals surface area contributed by atoms with Gasteiger partial charge in [0.1, 0.15) is 5.75 Å². The molecule has 1 aliphatic rings. The van der Waals surface area contributed by atoms with Crippen LogP contribution in [0.4, 0.5) is 5.69 Å². The second kappa shape index (κ2) is 3.35. The molecule has 1 aliphatic heterocycles. The van der Waals surface area contributed by atoms with Crippen LogP contribution in [0, 0.1) is 0 Å². The molecule has 0 fully saturated rings. The lowest BCUT2D eigenvalue weighted by molar-refractivity contribution is 0.271. The summed E-state index contributed by atoms with van der Waals surface area (Å²) in [5.74, 6) is 0.586. The van der Waals surface area contributed by atoms with E-state index in [2.05, 4.69) is 5.32 Å². The number of hydrogen-bond donors (Lipinski definition) is 1. The summed E-state index contributed by atoms with van der Waals surface area (Å²) in [6.45, 7) is 0.299. The van der Waals surface area contributed by atoms with E-state index in [4.69, 9.17) is 4.74 Å². The highest BCUT2D eigenvalue weighted by atomic mass is 32.2. The van der Waals surface area contributed by atoms with Gasteiger partial charge >= 0.3 is 0 Å². The van der Waals surface area contributed by atoms with Crippen LogP contribution in [-0.4, -0.2) is 20.7 Å². The van der Waals surface area contributed by atoms with Crippen LogP contribution in [0.2, 0.25) is 0 Å². The van der Waals surface area contributed by atoms with Crippen molar-refractivity contribution in [2.75, 3.05) is 11.9 Å².